The van der Waals surface area contributed by atoms with Crippen molar-refractivity contribution in [2.24, 2.45) is 0 Å². The number of nitriles is 1. The van der Waals surface area contributed by atoms with Crippen LogP contribution in [0.15, 0.2) is 35.1 Å². The fourth-order valence-electron chi connectivity index (χ4n) is 3.59. The van der Waals surface area contributed by atoms with E-state index in [9.17, 15) is 22.8 Å². The lowest BCUT2D eigenvalue weighted by Crippen LogP contribution is -2.21. The van der Waals surface area contributed by atoms with Crippen LogP contribution in [0.25, 0.3) is 22.2 Å². The van der Waals surface area contributed by atoms with E-state index in [0.29, 0.717) is 19.5 Å². The number of methoxy groups -OCH3 is 1. The normalized spacial score (nSPS) is 15.8. The van der Waals surface area contributed by atoms with Crippen LogP contribution >= 0.6 is 11.8 Å². The van der Waals surface area contributed by atoms with E-state index >= 15 is 0 Å². The van der Waals surface area contributed by atoms with Crippen molar-refractivity contribution in [1.29, 1.82) is 5.26 Å². The van der Waals surface area contributed by atoms with Gasteiger partial charge < -0.3 is 14.8 Å². The van der Waals surface area contributed by atoms with Crippen LogP contribution in [0.2, 0.25) is 0 Å². The fraction of sp³-hybridized carbons (Fsp3) is 0.273. The molecule has 1 aliphatic heterocycles. The number of nitrogens with zero attached hydrogens (tertiary/aromatic N) is 4. The molecule has 0 bridgehead atoms. The molecule has 0 aliphatic carbocycles. The molecule has 1 unspecified atom stereocenters. The van der Waals surface area contributed by atoms with Crippen LogP contribution in [0.1, 0.15) is 17.7 Å². The van der Waals surface area contributed by atoms with E-state index in [1.165, 1.54) is 12.5 Å². The number of halogens is 4. The molecule has 1 aromatic carbocycles. The van der Waals surface area contributed by atoms with Crippen LogP contribution in [0, 0.1) is 17.1 Å². The highest BCUT2D eigenvalue weighted by molar-refractivity contribution is 8.02. The van der Waals surface area contributed by atoms with Crippen LogP contribution in [0.5, 0.6) is 11.9 Å². The topological polar surface area (TPSA) is 93.0 Å². The smallest absolute Gasteiger partial charge is 0.433 e. The average molecular weight is 491 g/mol. The summed E-state index contributed by atoms with van der Waals surface area (Å²) in [6, 6.07) is 4.92. The second kappa shape index (κ2) is 9.44. The van der Waals surface area contributed by atoms with E-state index in [4.69, 9.17) is 9.47 Å². The summed E-state index contributed by atoms with van der Waals surface area (Å²) in [6.07, 6.45) is -4.56. The first-order chi connectivity index (χ1) is 16.3. The number of rotatable bonds is 6. The molecule has 7 nitrogen and oxygen atoms in total. The van der Waals surface area contributed by atoms with E-state index in [1.807, 2.05) is 0 Å². The molecule has 1 saturated heterocycles. The number of benzene rings is 1. The predicted octanol–water partition coefficient (Wildman–Crippen LogP) is 4.71. The monoisotopic (exact) mass is 491 g/mol. The Morgan fingerprint density at radius 1 is 1.26 bits per heavy atom. The van der Waals surface area contributed by atoms with Gasteiger partial charge in [-0.1, -0.05) is 18.3 Å². The van der Waals surface area contributed by atoms with Crippen molar-refractivity contribution in [3.63, 3.8) is 0 Å². The fourth-order valence-corrected chi connectivity index (χ4v) is 4.21. The molecule has 34 heavy (non-hydrogen) atoms. The summed E-state index contributed by atoms with van der Waals surface area (Å²) in [4.78, 5) is 11.9. The molecular formula is C22H17F4N5O2S. The van der Waals surface area contributed by atoms with Gasteiger partial charge in [0.05, 0.1) is 17.6 Å². The minimum Gasteiger partial charge on any atom is -0.471 e. The molecule has 176 valence electrons. The summed E-state index contributed by atoms with van der Waals surface area (Å²) in [5.41, 5.74) is -2.31. The Hall–Kier alpha value is -3.43. The van der Waals surface area contributed by atoms with Crippen molar-refractivity contribution in [3.05, 3.63) is 47.3 Å². The average Bonchev–Trinajstić information content (AvgIpc) is 3.32. The number of alkyl halides is 3. The minimum absolute atomic E-state index is 0.0157. The van der Waals surface area contributed by atoms with Crippen LogP contribution < -0.4 is 14.8 Å². The van der Waals surface area contributed by atoms with Gasteiger partial charge in [-0.2, -0.15) is 28.4 Å². The Balaban J connectivity index is 2.01. The zero-order valence-electron chi connectivity index (χ0n) is 17.7. The van der Waals surface area contributed by atoms with Gasteiger partial charge in [-0.15, -0.1) is 0 Å². The van der Waals surface area contributed by atoms with Gasteiger partial charge in [0.2, 0.25) is 5.88 Å². The van der Waals surface area contributed by atoms with Gasteiger partial charge in [-0.3, -0.25) is 0 Å². The van der Waals surface area contributed by atoms with Crippen LogP contribution in [-0.4, -0.2) is 41.3 Å². The third kappa shape index (κ3) is 4.49. The number of nitrogens with one attached hydrogen (secondary N) is 1. The lowest BCUT2D eigenvalue weighted by atomic mass is 9.97. The Kier molecular flexibility index (Phi) is 6.58. The maximum absolute atomic E-state index is 14.3. The Bertz CT molecular complexity index is 1300. The predicted molar refractivity (Wildman–Crippen MR) is 117 cm³/mol. The third-order valence-corrected chi connectivity index (χ3v) is 5.88. The molecule has 0 radical (unpaired) electrons. The Morgan fingerprint density at radius 2 is 2.06 bits per heavy atom. The number of aromatic nitrogens is 3. The summed E-state index contributed by atoms with van der Waals surface area (Å²) in [5, 5.41) is 14.0. The van der Waals surface area contributed by atoms with Crippen LogP contribution in [-0.2, 0) is 6.18 Å². The van der Waals surface area contributed by atoms with Gasteiger partial charge in [-0.25, -0.2) is 9.37 Å². The number of thioether (sulfide) groups is 1. The molecule has 1 atom stereocenters. The summed E-state index contributed by atoms with van der Waals surface area (Å²) >= 11 is 0.798. The SMILES string of the molecule is C=CSc1c(F)ccc(-c2cc3nc(OC)nc(OC4CCNC4)c3nc2C(F)(F)F)c1C#N. The summed E-state index contributed by atoms with van der Waals surface area (Å²) in [6.45, 7) is 4.69. The second-order valence-electron chi connectivity index (χ2n) is 7.19. The number of pyridine rings is 1. The molecule has 2 aromatic heterocycles. The number of ether oxygens (including phenoxy) is 2. The molecular weight excluding hydrogens is 474 g/mol. The summed E-state index contributed by atoms with van der Waals surface area (Å²) in [5.74, 6) is -0.896. The summed E-state index contributed by atoms with van der Waals surface area (Å²) < 4.78 is 67.7. The number of fused-ring (bicyclic) bond motifs is 1. The van der Waals surface area contributed by atoms with Crippen molar-refractivity contribution in [2.75, 3.05) is 20.2 Å². The molecule has 1 fully saturated rings. The van der Waals surface area contributed by atoms with Crippen molar-refractivity contribution in [3.8, 4) is 29.1 Å². The minimum atomic E-state index is -4.90. The quantitative estimate of drug-likeness (QED) is 0.392. The van der Waals surface area contributed by atoms with Crippen molar-refractivity contribution in [2.45, 2.75) is 23.6 Å². The van der Waals surface area contributed by atoms with Gasteiger partial charge in [0.1, 0.15) is 23.5 Å². The van der Waals surface area contributed by atoms with Crippen LogP contribution in [0.3, 0.4) is 0 Å². The summed E-state index contributed by atoms with van der Waals surface area (Å²) in [7, 11) is 1.31. The molecule has 3 heterocycles. The van der Waals surface area contributed by atoms with E-state index in [0.717, 1.165) is 30.0 Å². The maximum Gasteiger partial charge on any atom is 0.433 e. The van der Waals surface area contributed by atoms with Gasteiger partial charge in [0.15, 0.2) is 11.2 Å². The second-order valence-corrected chi connectivity index (χ2v) is 8.17. The molecule has 1 N–H and O–H groups in total. The van der Waals surface area contributed by atoms with Gasteiger partial charge in [0, 0.05) is 17.7 Å². The molecule has 0 saturated carbocycles. The Labute approximate surface area is 195 Å². The van der Waals surface area contributed by atoms with Crippen LogP contribution in [0.4, 0.5) is 17.6 Å². The molecule has 0 amide bonds. The largest absolute Gasteiger partial charge is 0.471 e. The Morgan fingerprint density at radius 3 is 2.68 bits per heavy atom. The highest BCUT2D eigenvalue weighted by Gasteiger charge is 2.38. The lowest BCUT2D eigenvalue weighted by molar-refractivity contribution is -0.140. The van der Waals surface area contributed by atoms with Crippen molar-refractivity contribution in [1.82, 2.24) is 20.3 Å². The number of hydrogen-bond donors (Lipinski definition) is 1. The molecule has 12 heteroatoms. The lowest BCUT2D eigenvalue weighted by Gasteiger charge is -2.18. The third-order valence-electron chi connectivity index (χ3n) is 5.08. The molecule has 3 aromatic rings. The zero-order chi connectivity index (χ0) is 24.5. The molecule has 1 aliphatic rings. The van der Waals surface area contributed by atoms with Gasteiger partial charge in [-0.05, 0) is 36.6 Å². The van der Waals surface area contributed by atoms with E-state index in [-0.39, 0.29) is 45.1 Å². The zero-order valence-corrected chi connectivity index (χ0v) is 18.6. The standard InChI is InChI=1S/C22H17F4N5O2S/c1-3-34-18-14(9-27)12(4-5-15(18)23)13-8-16-17(30-19(13)22(24,25)26)20(31-21(29-16)32-2)33-11-6-7-28-10-11/h3-5,8,11,28H,1,6-7,10H2,2H3. The van der Waals surface area contributed by atoms with Gasteiger partial charge in [0.25, 0.3) is 0 Å². The molecule has 4 rings (SSSR count). The first-order valence-corrected chi connectivity index (χ1v) is 10.9. The van der Waals surface area contributed by atoms with Crippen molar-refractivity contribution >= 4 is 22.8 Å². The van der Waals surface area contributed by atoms with E-state index in [1.54, 1.807) is 6.07 Å². The maximum atomic E-state index is 14.3. The number of hydrogen-bond acceptors (Lipinski definition) is 8. The molecule has 0 spiro atoms. The highest BCUT2D eigenvalue weighted by Crippen LogP contribution is 2.42. The highest BCUT2D eigenvalue weighted by atomic mass is 32.2. The van der Waals surface area contributed by atoms with E-state index < -0.39 is 23.3 Å². The first kappa shape index (κ1) is 23.7. The van der Waals surface area contributed by atoms with Gasteiger partial charge >= 0.3 is 12.2 Å². The van der Waals surface area contributed by atoms with Crippen molar-refractivity contribution < 1.29 is 27.0 Å². The first-order valence-electron chi connectivity index (χ1n) is 9.98. The van der Waals surface area contributed by atoms with E-state index in [2.05, 4.69) is 26.8 Å².